The lowest BCUT2D eigenvalue weighted by molar-refractivity contribution is 0.0585. The highest BCUT2D eigenvalue weighted by molar-refractivity contribution is 5.87. The predicted octanol–water partition coefficient (Wildman–Crippen LogP) is 1.70. The van der Waals surface area contributed by atoms with Crippen LogP contribution in [0.2, 0.25) is 0 Å². The summed E-state index contributed by atoms with van der Waals surface area (Å²) >= 11 is 0. The van der Waals surface area contributed by atoms with E-state index in [1.807, 2.05) is 16.7 Å². The molecule has 2 aromatic rings. The molecular formula is C15H17N3O2. The van der Waals surface area contributed by atoms with Crippen LogP contribution in [0, 0.1) is 0 Å². The van der Waals surface area contributed by atoms with Crippen molar-refractivity contribution in [1.82, 2.24) is 14.5 Å². The summed E-state index contributed by atoms with van der Waals surface area (Å²) in [6, 6.07) is 8.42. The third-order valence-electron chi connectivity index (χ3n) is 3.74. The van der Waals surface area contributed by atoms with E-state index < -0.39 is 0 Å². The molecule has 20 heavy (non-hydrogen) atoms. The number of fused-ring (bicyclic) bond motifs is 1. The van der Waals surface area contributed by atoms with Crippen LogP contribution in [0.25, 0.3) is 0 Å². The number of nitrogens with zero attached hydrogens (tertiary/aromatic N) is 3. The van der Waals surface area contributed by atoms with E-state index in [-0.39, 0.29) is 12.0 Å². The number of carbonyl (C=O) groups excluding carboxylic acids is 1. The van der Waals surface area contributed by atoms with Gasteiger partial charge in [-0.1, -0.05) is 24.3 Å². The number of benzene rings is 1. The Morgan fingerprint density at radius 2 is 2.20 bits per heavy atom. The number of rotatable bonds is 2. The highest BCUT2D eigenvalue weighted by Gasteiger charge is 2.27. The lowest BCUT2D eigenvalue weighted by Gasteiger charge is -2.33. The molecule has 0 N–H and O–H groups in total. The van der Waals surface area contributed by atoms with E-state index >= 15 is 0 Å². The zero-order chi connectivity index (χ0) is 14.1. The number of likely N-dealkylation sites (N-methyl/N-ethyl adjacent to an activating group) is 1. The largest absolute Gasteiger partial charge is 0.464 e. The normalized spacial score (nSPS) is 18.6. The third-order valence-corrected chi connectivity index (χ3v) is 3.74. The first-order valence-electron chi connectivity index (χ1n) is 6.57. The smallest absolute Gasteiger partial charge is 0.356 e. The van der Waals surface area contributed by atoms with Gasteiger partial charge in [-0.3, -0.25) is 4.90 Å². The van der Waals surface area contributed by atoms with Gasteiger partial charge in [-0.2, -0.15) is 0 Å². The van der Waals surface area contributed by atoms with Crippen molar-refractivity contribution in [2.24, 2.45) is 0 Å². The molecule has 1 atom stereocenters. The average Bonchev–Trinajstić information content (AvgIpc) is 2.94. The van der Waals surface area contributed by atoms with Gasteiger partial charge < -0.3 is 9.30 Å². The van der Waals surface area contributed by atoms with E-state index in [2.05, 4.69) is 29.1 Å². The van der Waals surface area contributed by atoms with E-state index in [1.54, 1.807) is 12.5 Å². The maximum Gasteiger partial charge on any atom is 0.356 e. The van der Waals surface area contributed by atoms with Crippen molar-refractivity contribution in [3.8, 4) is 0 Å². The Hall–Kier alpha value is -2.14. The SMILES string of the molecule is COC(=O)c1cncn1C1CN(C)Cc2ccccc21. The molecule has 0 aliphatic carbocycles. The highest BCUT2D eigenvalue weighted by atomic mass is 16.5. The van der Waals surface area contributed by atoms with Gasteiger partial charge in [0.05, 0.1) is 25.7 Å². The molecule has 0 saturated carbocycles. The van der Waals surface area contributed by atoms with Gasteiger partial charge in [-0.25, -0.2) is 9.78 Å². The van der Waals surface area contributed by atoms with Gasteiger partial charge in [0.1, 0.15) is 5.69 Å². The minimum atomic E-state index is -0.354. The summed E-state index contributed by atoms with van der Waals surface area (Å²) in [5.41, 5.74) is 3.02. The second-order valence-electron chi connectivity index (χ2n) is 5.09. The van der Waals surface area contributed by atoms with Crippen LogP contribution in [-0.4, -0.2) is 41.1 Å². The minimum absolute atomic E-state index is 0.0848. The van der Waals surface area contributed by atoms with E-state index in [9.17, 15) is 4.79 Å². The van der Waals surface area contributed by atoms with Crippen molar-refractivity contribution in [3.63, 3.8) is 0 Å². The Kier molecular flexibility index (Phi) is 3.28. The number of hydrogen-bond donors (Lipinski definition) is 0. The standard InChI is InChI=1S/C15H17N3O2/c1-17-8-11-5-3-4-6-12(11)14(9-17)18-10-16-7-13(18)15(19)20-2/h3-7,10,14H,8-9H2,1-2H3. The molecule has 104 valence electrons. The highest BCUT2D eigenvalue weighted by Crippen LogP contribution is 2.29. The van der Waals surface area contributed by atoms with Crippen LogP contribution in [0.1, 0.15) is 27.7 Å². The molecule has 1 aliphatic heterocycles. The number of esters is 1. The number of carbonyl (C=O) groups is 1. The molecule has 5 nitrogen and oxygen atoms in total. The van der Waals surface area contributed by atoms with Gasteiger partial charge in [0.25, 0.3) is 0 Å². The molecule has 0 saturated heterocycles. The summed E-state index contributed by atoms with van der Waals surface area (Å²) in [5, 5.41) is 0. The molecule has 1 aromatic heterocycles. The fourth-order valence-corrected chi connectivity index (χ4v) is 2.81. The summed E-state index contributed by atoms with van der Waals surface area (Å²) in [6.45, 7) is 1.77. The number of imidazole rings is 1. The molecule has 1 aromatic carbocycles. The number of hydrogen-bond acceptors (Lipinski definition) is 4. The zero-order valence-corrected chi connectivity index (χ0v) is 11.6. The first-order chi connectivity index (χ1) is 9.70. The van der Waals surface area contributed by atoms with Crippen LogP contribution in [0.4, 0.5) is 0 Å². The van der Waals surface area contributed by atoms with Crippen molar-refractivity contribution >= 4 is 5.97 Å². The molecule has 1 aliphatic rings. The van der Waals surface area contributed by atoms with Crippen LogP contribution in [0.5, 0.6) is 0 Å². The fraction of sp³-hybridized carbons (Fsp3) is 0.333. The first-order valence-corrected chi connectivity index (χ1v) is 6.57. The minimum Gasteiger partial charge on any atom is -0.464 e. The van der Waals surface area contributed by atoms with E-state index in [1.165, 1.54) is 18.2 Å². The Bertz CT molecular complexity index is 636. The maximum atomic E-state index is 11.8. The molecule has 0 amide bonds. The fourth-order valence-electron chi connectivity index (χ4n) is 2.81. The molecule has 0 fully saturated rings. The molecule has 0 spiro atoms. The van der Waals surface area contributed by atoms with Crippen molar-refractivity contribution in [2.45, 2.75) is 12.6 Å². The van der Waals surface area contributed by atoms with Crippen LogP contribution >= 0.6 is 0 Å². The van der Waals surface area contributed by atoms with Crippen molar-refractivity contribution in [1.29, 1.82) is 0 Å². The number of methoxy groups -OCH3 is 1. The quantitative estimate of drug-likeness (QED) is 0.780. The summed E-state index contributed by atoms with van der Waals surface area (Å²) < 4.78 is 6.73. The predicted molar refractivity (Wildman–Crippen MR) is 74.5 cm³/mol. The van der Waals surface area contributed by atoms with E-state index in [4.69, 9.17) is 4.74 Å². The summed E-state index contributed by atoms with van der Waals surface area (Å²) in [4.78, 5) is 18.2. The van der Waals surface area contributed by atoms with Crippen LogP contribution in [-0.2, 0) is 11.3 Å². The molecule has 0 bridgehead atoms. The van der Waals surface area contributed by atoms with Crippen LogP contribution in [0.15, 0.2) is 36.8 Å². The van der Waals surface area contributed by atoms with Crippen molar-refractivity contribution in [3.05, 3.63) is 53.6 Å². The number of ether oxygens (including phenoxy) is 1. The van der Waals surface area contributed by atoms with Gasteiger partial charge >= 0.3 is 5.97 Å². The lowest BCUT2D eigenvalue weighted by atomic mass is 9.95. The molecule has 2 heterocycles. The molecule has 1 unspecified atom stereocenters. The van der Waals surface area contributed by atoms with E-state index in [0.717, 1.165) is 13.1 Å². The average molecular weight is 271 g/mol. The number of aromatic nitrogens is 2. The van der Waals surface area contributed by atoms with Crippen molar-refractivity contribution < 1.29 is 9.53 Å². The summed E-state index contributed by atoms with van der Waals surface area (Å²) in [6.07, 6.45) is 3.26. The first kappa shape index (κ1) is 12.9. The van der Waals surface area contributed by atoms with Gasteiger partial charge in [0.15, 0.2) is 0 Å². The summed E-state index contributed by atoms with van der Waals surface area (Å²) in [7, 11) is 3.47. The molecule has 5 heteroatoms. The molecular weight excluding hydrogens is 254 g/mol. The van der Waals surface area contributed by atoms with Gasteiger partial charge in [-0.05, 0) is 18.2 Å². The zero-order valence-electron chi connectivity index (χ0n) is 11.6. The van der Waals surface area contributed by atoms with Gasteiger partial charge in [-0.15, -0.1) is 0 Å². The van der Waals surface area contributed by atoms with Crippen LogP contribution in [0.3, 0.4) is 0 Å². The summed E-state index contributed by atoms with van der Waals surface area (Å²) in [5.74, 6) is -0.354. The second-order valence-corrected chi connectivity index (χ2v) is 5.09. The van der Waals surface area contributed by atoms with Crippen molar-refractivity contribution in [2.75, 3.05) is 20.7 Å². The second kappa shape index (κ2) is 5.09. The molecule has 0 radical (unpaired) electrons. The third kappa shape index (κ3) is 2.10. The Labute approximate surface area is 117 Å². The Balaban J connectivity index is 2.07. The Morgan fingerprint density at radius 1 is 1.40 bits per heavy atom. The van der Waals surface area contributed by atoms with E-state index in [0.29, 0.717) is 5.69 Å². The Morgan fingerprint density at radius 3 is 3.00 bits per heavy atom. The molecule has 3 rings (SSSR count). The van der Waals surface area contributed by atoms with Gasteiger partial charge in [0, 0.05) is 13.1 Å². The topological polar surface area (TPSA) is 47.4 Å². The maximum absolute atomic E-state index is 11.8. The van der Waals surface area contributed by atoms with Crippen LogP contribution < -0.4 is 0 Å². The lowest BCUT2D eigenvalue weighted by Crippen LogP contribution is -2.34. The van der Waals surface area contributed by atoms with Gasteiger partial charge in [0.2, 0.25) is 0 Å². The monoisotopic (exact) mass is 271 g/mol.